The molecule has 0 saturated heterocycles. The van der Waals surface area contributed by atoms with Gasteiger partial charge in [-0.3, -0.25) is 4.57 Å². The van der Waals surface area contributed by atoms with Gasteiger partial charge < -0.3 is 10.5 Å². The van der Waals surface area contributed by atoms with Crippen molar-refractivity contribution in [1.82, 2.24) is 4.57 Å². The molecular weight excluding hydrogens is 334 g/mol. The van der Waals surface area contributed by atoms with Crippen LogP contribution < -0.4 is 10.5 Å². The number of ether oxygens (including phenoxy) is 1. The number of nitriles is 1. The topological polar surface area (TPSA) is 64.0 Å². The lowest BCUT2D eigenvalue weighted by atomic mass is 10.0. The molecule has 0 spiro atoms. The molecule has 0 unspecified atom stereocenters. The summed E-state index contributed by atoms with van der Waals surface area (Å²) in [6.07, 6.45) is 0. The standard InChI is InChI=1S/C23H19N3O/c1-16-7-2-5-12-22(16)27-23-21(25)13-19(14-24)26(23)15-18-10-6-9-17-8-3-4-11-20(17)18/h2-13H,15,25H2,1H3. The Labute approximate surface area is 158 Å². The SMILES string of the molecule is Cc1ccccc1Oc1c(N)cc(C#N)n1Cc1cccc2ccccc12. The molecule has 1 heterocycles. The zero-order valence-electron chi connectivity index (χ0n) is 15.0. The normalized spacial score (nSPS) is 10.7. The number of benzene rings is 3. The molecule has 0 aliphatic carbocycles. The number of fused-ring (bicyclic) bond motifs is 1. The number of rotatable bonds is 4. The molecule has 1 aromatic heterocycles. The van der Waals surface area contributed by atoms with Gasteiger partial charge in [0, 0.05) is 6.07 Å². The lowest BCUT2D eigenvalue weighted by molar-refractivity contribution is 0.435. The first-order valence-corrected chi connectivity index (χ1v) is 8.76. The minimum absolute atomic E-state index is 0.454. The fraction of sp³-hybridized carbons (Fsp3) is 0.0870. The molecule has 4 aromatic rings. The third-order valence-corrected chi connectivity index (χ3v) is 4.70. The average Bonchev–Trinajstić information content (AvgIpc) is 2.99. The summed E-state index contributed by atoms with van der Waals surface area (Å²) in [6.45, 7) is 2.48. The van der Waals surface area contributed by atoms with E-state index < -0.39 is 0 Å². The summed E-state index contributed by atoms with van der Waals surface area (Å²) < 4.78 is 7.96. The Bertz CT molecular complexity index is 1160. The van der Waals surface area contributed by atoms with Gasteiger partial charge in [-0.05, 0) is 34.9 Å². The van der Waals surface area contributed by atoms with E-state index in [0.29, 0.717) is 23.8 Å². The lowest BCUT2D eigenvalue weighted by Crippen LogP contribution is -2.06. The van der Waals surface area contributed by atoms with E-state index in [1.807, 2.05) is 54.0 Å². The van der Waals surface area contributed by atoms with Crippen LogP contribution in [0.1, 0.15) is 16.8 Å². The summed E-state index contributed by atoms with van der Waals surface area (Å²) in [4.78, 5) is 0. The van der Waals surface area contributed by atoms with Crippen LogP contribution in [-0.2, 0) is 6.54 Å². The summed E-state index contributed by atoms with van der Waals surface area (Å²) in [6, 6.07) is 26.0. The van der Waals surface area contributed by atoms with Crippen molar-refractivity contribution < 1.29 is 4.74 Å². The highest BCUT2D eigenvalue weighted by atomic mass is 16.5. The molecule has 0 aliphatic heterocycles. The van der Waals surface area contributed by atoms with E-state index in [9.17, 15) is 5.26 Å². The van der Waals surface area contributed by atoms with E-state index in [0.717, 1.165) is 27.6 Å². The summed E-state index contributed by atoms with van der Waals surface area (Å²) in [5.74, 6) is 1.22. The number of para-hydroxylation sites is 1. The lowest BCUT2D eigenvalue weighted by Gasteiger charge is -2.15. The van der Waals surface area contributed by atoms with Gasteiger partial charge in [-0.15, -0.1) is 0 Å². The molecule has 0 atom stereocenters. The van der Waals surface area contributed by atoms with Crippen LogP contribution in [0.3, 0.4) is 0 Å². The summed E-state index contributed by atoms with van der Waals surface area (Å²) in [7, 11) is 0. The second-order valence-corrected chi connectivity index (χ2v) is 6.49. The number of anilines is 1. The van der Waals surface area contributed by atoms with Gasteiger partial charge >= 0.3 is 0 Å². The molecule has 0 radical (unpaired) electrons. The number of hydrogen-bond acceptors (Lipinski definition) is 3. The molecule has 2 N–H and O–H groups in total. The van der Waals surface area contributed by atoms with Gasteiger partial charge in [-0.25, -0.2) is 0 Å². The van der Waals surface area contributed by atoms with Crippen molar-refractivity contribution in [2.45, 2.75) is 13.5 Å². The quantitative estimate of drug-likeness (QED) is 0.545. The predicted octanol–water partition coefficient (Wildman–Crippen LogP) is 5.24. The van der Waals surface area contributed by atoms with Crippen LogP contribution in [0.15, 0.2) is 72.8 Å². The first kappa shape index (κ1) is 16.7. The average molecular weight is 353 g/mol. The Hall–Kier alpha value is -3.71. The predicted molar refractivity (Wildman–Crippen MR) is 108 cm³/mol. The van der Waals surface area contributed by atoms with Crippen molar-refractivity contribution in [3.8, 4) is 17.7 Å². The van der Waals surface area contributed by atoms with Crippen LogP contribution in [0.2, 0.25) is 0 Å². The van der Waals surface area contributed by atoms with E-state index in [-0.39, 0.29) is 0 Å². The molecule has 4 heteroatoms. The summed E-state index contributed by atoms with van der Waals surface area (Å²) in [5.41, 5.74) is 9.23. The maximum atomic E-state index is 9.59. The zero-order chi connectivity index (χ0) is 18.8. The van der Waals surface area contributed by atoms with Crippen LogP contribution in [0, 0.1) is 18.3 Å². The van der Waals surface area contributed by atoms with Crippen LogP contribution >= 0.6 is 0 Å². The second kappa shape index (κ2) is 6.89. The highest BCUT2D eigenvalue weighted by molar-refractivity contribution is 5.85. The fourth-order valence-corrected chi connectivity index (χ4v) is 3.29. The molecule has 3 aromatic carbocycles. The van der Waals surface area contributed by atoms with E-state index in [4.69, 9.17) is 10.5 Å². The number of aromatic nitrogens is 1. The van der Waals surface area contributed by atoms with Crippen molar-refractivity contribution in [2.24, 2.45) is 0 Å². The van der Waals surface area contributed by atoms with Crippen LogP contribution in [-0.4, -0.2) is 4.57 Å². The summed E-state index contributed by atoms with van der Waals surface area (Å²) in [5, 5.41) is 11.9. The van der Waals surface area contributed by atoms with Gasteiger partial charge in [0.05, 0.1) is 12.2 Å². The van der Waals surface area contributed by atoms with Crippen molar-refractivity contribution in [2.75, 3.05) is 5.73 Å². The minimum Gasteiger partial charge on any atom is -0.438 e. The molecule has 4 rings (SSSR count). The maximum Gasteiger partial charge on any atom is 0.224 e. The Kier molecular flexibility index (Phi) is 4.27. The van der Waals surface area contributed by atoms with Gasteiger partial charge in [-0.2, -0.15) is 5.26 Å². The van der Waals surface area contributed by atoms with Crippen LogP contribution in [0.5, 0.6) is 11.6 Å². The van der Waals surface area contributed by atoms with E-state index in [1.54, 1.807) is 6.07 Å². The third kappa shape index (κ3) is 3.11. The second-order valence-electron chi connectivity index (χ2n) is 6.49. The number of hydrogen-bond donors (Lipinski definition) is 1. The minimum atomic E-state index is 0.454. The first-order valence-electron chi connectivity index (χ1n) is 8.76. The monoisotopic (exact) mass is 353 g/mol. The Morgan fingerprint density at radius 3 is 2.56 bits per heavy atom. The fourth-order valence-electron chi connectivity index (χ4n) is 3.29. The molecular formula is C23H19N3O. The maximum absolute atomic E-state index is 9.59. The Morgan fingerprint density at radius 1 is 1.00 bits per heavy atom. The molecule has 0 amide bonds. The third-order valence-electron chi connectivity index (χ3n) is 4.70. The number of nitrogen functional groups attached to an aromatic ring is 1. The summed E-state index contributed by atoms with van der Waals surface area (Å²) >= 11 is 0. The smallest absolute Gasteiger partial charge is 0.224 e. The molecule has 0 bridgehead atoms. The number of nitrogens with zero attached hydrogens (tertiary/aromatic N) is 2. The molecule has 27 heavy (non-hydrogen) atoms. The number of nitrogens with two attached hydrogens (primary N) is 1. The van der Waals surface area contributed by atoms with Crippen LogP contribution in [0.4, 0.5) is 5.69 Å². The molecule has 4 nitrogen and oxygen atoms in total. The Morgan fingerprint density at radius 2 is 1.74 bits per heavy atom. The molecule has 0 fully saturated rings. The zero-order valence-corrected chi connectivity index (χ0v) is 15.0. The van der Waals surface area contributed by atoms with Crippen molar-refractivity contribution in [3.05, 3.63) is 89.6 Å². The van der Waals surface area contributed by atoms with Crippen molar-refractivity contribution in [3.63, 3.8) is 0 Å². The largest absolute Gasteiger partial charge is 0.438 e. The van der Waals surface area contributed by atoms with E-state index in [2.05, 4.69) is 30.3 Å². The highest BCUT2D eigenvalue weighted by Gasteiger charge is 2.17. The van der Waals surface area contributed by atoms with E-state index in [1.165, 1.54) is 0 Å². The molecule has 0 aliphatic rings. The Balaban J connectivity index is 1.80. The number of aryl methyl sites for hydroxylation is 1. The first-order chi connectivity index (χ1) is 13.2. The van der Waals surface area contributed by atoms with Crippen molar-refractivity contribution >= 4 is 16.5 Å². The van der Waals surface area contributed by atoms with Crippen molar-refractivity contribution in [1.29, 1.82) is 5.26 Å². The van der Waals surface area contributed by atoms with Gasteiger partial charge in [0.2, 0.25) is 5.88 Å². The molecule has 132 valence electrons. The molecule has 0 saturated carbocycles. The van der Waals surface area contributed by atoms with Gasteiger partial charge in [-0.1, -0.05) is 60.7 Å². The van der Waals surface area contributed by atoms with Gasteiger partial charge in [0.15, 0.2) is 0 Å². The van der Waals surface area contributed by atoms with Gasteiger partial charge in [0.1, 0.15) is 17.5 Å². The highest BCUT2D eigenvalue weighted by Crippen LogP contribution is 2.34. The van der Waals surface area contributed by atoms with Crippen LogP contribution in [0.25, 0.3) is 10.8 Å². The van der Waals surface area contributed by atoms with Gasteiger partial charge in [0.25, 0.3) is 0 Å². The van der Waals surface area contributed by atoms with E-state index >= 15 is 0 Å².